The van der Waals surface area contributed by atoms with Gasteiger partial charge in [-0.05, 0) is 45.4 Å². The molecule has 0 bridgehead atoms. The summed E-state index contributed by atoms with van der Waals surface area (Å²) in [6.07, 6.45) is 8.36. The maximum Gasteiger partial charge on any atom is 0.0716 e. The van der Waals surface area contributed by atoms with Crippen LogP contribution in [0.5, 0.6) is 0 Å². The lowest BCUT2D eigenvalue weighted by Crippen LogP contribution is -2.45. The second-order valence-corrected chi connectivity index (χ2v) is 4.72. The Balaban J connectivity index is 2.35. The second kappa shape index (κ2) is 4.25. The topological polar surface area (TPSA) is 46.2 Å². The van der Waals surface area contributed by atoms with E-state index in [4.69, 9.17) is 5.73 Å². The van der Waals surface area contributed by atoms with E-state index >= 15 is 0 Å². The molecule has 13 heavy (non-hydrogen) atoms. The van der Waals surface area contributed by atoms with Gasteiger partial charge < -0.3 is 10.8 Å². The van der Waals surface area contributed by atoms with Crippen LogP contribution in [-0.4, -0.2) is 16.7 Å². The maximum atomic E-state index is 9.79. The monoisotopic (exact) mass is 183 g/mol. The van der Waals surface area contributed by atoms with Crippen LogP contribution < -0.4 is 5.73 Å². The zero-order chi connectivity index (χ0) is 9.90. The fourth-order valence-corrected chi connectivity index (χ4v) is 1.69. The summed E-state index contributed by atoms with van der Waals surface area (Å²) in [5.74, 6) is 0.628. The van der Waals surface area contributed by atoms with Crippen molar-refractivity contribution in [2.45, 2.75) is 51.2 Å². The average molecular weight is 183 g/mol. The fourth-order valence-electron chi connectivity index (χ4n) is 1.69. The Bertz CT molecular complexity index is 181. The van der Waals surface area contributed by atoms with Gasteiger partial charge in [-0.3, -0.25) is 0 Å². The second-order valence-electron chi connectivity index (χ2n) is 4.72. The summed E-state index contributed by atoms with van der Waals surface area (Å²) in [4.78, 5) is 0. The van der Waals surface area contributed by atoms with Gasteiger partial charge in [0.1, 0.15) is 0 Å². The first-order valence-corrected chi connectivity index (χ1v) is 5.12. The summed E-state index contributed by atoms with van der Waals surface area (Å²) in [6.45, 7) is 3.77. The Morgan fingerprint density at radius 1 is 1.54 bits per heavy atom. The van der Waals surface area contributed by atoms with Crippen molar-refractivity contribution in [1.29, 1.82) is 0 Å². The number of allylic oxidation sites excluding steroid dienone is 2. The standard InChI is InChI=1S/C11H21NO/c1-11(2,12)10(13)8-9-6-4-3-5-7-9/h3-4,9-10,13H,5-8,12H2,1-2H3. The Kier molecular flexibility index (Phi) is 3.51. The van der Waals surface area contributed by atoms with E-state index in [9.17, 15) is 5.11 Å². The van der Waals surface area contributed by atoms with Gasteiger partial charge in [0.05, 0.1) is 6.10 Å². The van der Waals surface area contributed by atoms with Crippen molar-refractivity contribution >= 4 is 0 Å². The molecular weight excluding hydrogens is 162 g/mol. The maximum absolute atomic E-state index is 9.79. The summed E-state index contributed by atoms with van der Waals surface area (Å²) in [7, 11) is 0. The fraction of sp³-hybridized carbons (Fsp3) is 0.818. The molecular formula is C11H21NO. The van der Waals surface area contributed by atoms with Crippen molar-refractivity contribution < 1.29 is 5.11 Å². The van der Waals surface area contributed by atoms with Crippen LogP contribution in [0, 0.1) is 5.92 Å². The molecule has 2 atom stereocenters. The van der Waals surface area contributed by atoms with E-state index in [2.05, 4.69) is 12.2 Å². The molecule has 0 fully saturated rings. The SMILES string of the molecule is CC(C)(N)C(O)CC1CC=CCC1. The van der Waals surface area contributed by atoms with Crippen molar-refractivity contribution in [2.24, 2.45) is 11.7 Å². The molecule has 1 aliphatic rings. The lowest BCUT2D eigenvalue weighted by atomic mass is 9.84. The molecule has 0 saturated heterocycles. The Morgan fingerprint density at radius 2 is 2.23 bits per heavy atom. The van der Waals surface area contributed by atoms with Crippen LogP contribution in [0.4, 0.5) is 0 Å². The zero-order valence-corrected chi connectivity index (χ0v) is 8.66. The molecule has 1 aliphatic carbocycles. The first-order valence-electron chi connectivity index (χ1n) is 5.12. The number of aliphatic hydroxyl groups excluding tert-OH is 1. The van der Waals surface area contributed by atoms with Crippen LogP contribution in [0.3, 0.4) is 0 Å². The van der Waals surface area contributed by atoms with E-state index < -0.39 is 5.54 Å². The lowest BCUT2D eigenvalue weighted by Gasteiger charge is -2.29. The van der Waals surface area contributed by atoms with Gasteiger partial charge in [-0.25, -0.2) is 0 Å². The average Bonchev–Trinajstić information content (AvgIpc) is 2.04. The molecule has 1 rings (SSSR count). The number of hydrogen-bond acceptors (Lipinski definition) is 2. The van der Waals surface area contributed by atoms with E-state index in [0.29, 0.717) is 5.92 Å². The van der Waals surface area contributed by atoms with Crippen LogP contribution in [0.25, 0.3) is 0 Å². The number of nitrogens with two attached hydrogens (primary N) is 1. The Morgan fingerprint density at radius 3 is 2.69 bits per heavy atom. The summed E-state index contributed by atoms with van der Waals surface area (Å²) < 4.78 is 0. The predicted molar refractivity (Wildman–Crippen MR) is 55.4 cm³/mol. The molecule has 0 aromatic heterocycles. The third-order valence-corrected chi connectivity index (χ3v) is 2.79. The van der Waals surface area contributed by atoms with Gasteiger partial charge in [-0.1, -0.05) is 12.2 Å². The van der Waals surface area contributed by atoms with Crippen LogP contribution in [0.2, 0.25) is 0 Å². The van der Waals surface area contributed by atoms with Crippen LogP contribution in [-0.2, 0) is 0 Å². The molecule has 76 valence electrons. The van der Waals surface area contributed by atoms with Crippen LogP contribution >= 0.6 is 0 Å². The molecule has 0 aromatic carbocycles. The third-order valence-electron chi connectivity index (χ3n) is 2.79. The molecule has 3 N–H and O–H groups in total. The normalized spacial score (nSPS) is 26.0. The molecule has 0 aromatic rings. The third kappa shape index (κ3) is 3.49. The molecule has 0 amide bonds. The van der Waals surface area contributed by atoms with Crippen molar-refractivity contribution in [3.63, 3.8) is 0 Å². The smallest absolute Gasteiger partial charge is 0.0716 e. The van der Waals surface area contributed by atoms with E-state index in [1.165, 1.54) is 6.42 Å². The highest BCUT2D eigenvalue weighted by Gasteiger charge is 2.25. The van der Waals surface area contributed by atoms with E-state index in [1.54, 1.807) is 0 Å². The Hall–Kier alpha value is -0.340. The summed E-state index contributed by atoms with van der Waals surface area (Å²) in [6, 6.07) is 0. The van der Waals surface area contributed by atoms with E-state index in [-0.39, 0.29) is 6.10 Å². The Labute approximate surface area is 80.8 Å². The van der Waals surface area contributed by atoms with Crippen LogP contribution in [0.15, 0.2) is 12.2 Å². The van der Waals surface area contributed by atoms with Crippen molar-refractivity contribution in [3.05, 3.63) is 12.2 Å². The predicted octanol–water partition coefficient (Wildman–Crippen LogP) is 1.83. The minimum Gasteiger partial charge on any atom is -0.391 e. The number of aliphatic hydroxyl groups is 1. The summed E-state index contributed by atoms with van der Waals surface area (Å²) in [5, 5.41) is 9.79. The van der Waals surface area contributed by atoms with Gasteiger partial charge in [0.15, 0.2) is 0 Å². The minimum absolute atomic E-state index is 0.371. The van der Waals surface area contributed by atoms with Gasteiger partial charge in [0.2, 0.25) is 0 Å². The molecule has 0 saturated carbocycles. The summed E-state index contributed by atoms with van der Waals surface area (Å²) in [5.41, 5.74) is 5.37. The van der Waals surface area contributed by atoms with Gasteiger partial charge in [0, 0.05) is 5.54 Å². The minimum atomic E-state index is -0.457. The first-order chi connectivity index (χ1) is 6.00. The van der Waals surface area contributed by atoms with E-state index in [1.807, 2.05) is 13.8 Å². The first kappa shape index (κ1) is 10.7. The molecule has 2 unspecified atom stereocenters. The van der Waals surface area contributed by atoms with Crippen molar-refractivity contribution in [2.75, 3.05) is 0 Å². The molecule has 0 radical (unpaired) electrons. The van der Waals surface area contributed by atoms with Crippen LogP contribution in [0.1, 0.15) is 39.5 Å². The molecule has 2 heteroatoms. The number of hydrogen-bond donors (Lipinski definition) is 2. The molecule has 0 heterocycles. The zero-order valence-electron chi connectivity index (χ0n) is 8.66. The van der Waals surface area contributed by atoms with Gasteiger partial charge in [-0.2, -0.15) is 0 Å². The van der Waals surface area contributed by atoms with Gasteiger partial charge in [0.25, 0.3) is 0 Å². The van der Waals surface area contributed by atoms with Gasteiger partial charge in [-0.15, -0.1) is 0 Å². The summed E-state index contributed by atoms with van der Waals surface area (Å²) >= 11 is 0. The number of rotatable bonds is 3. The highest BCUT2D eigenvalue weighted by Crippen LogP contribution is 2.25. The molecule has 0 spiro atoms. The quantitative estimate of drug-likeness (QED) is 0.656. The highest BCUT2D eigenvalue weighted by molar-refractivity contribution is 4.92. The molecule has 0 aliphatic heterocycles. The van der Waals surface area contributed by atoms with Gasteiger partial charge >= 0.3 is 0 Å². The highest BCUT2D eigenvalue weighted by atomic mass is 16.3. The largest absolute Gasteiger partial charge is 0.391 e. The molecule has 2 nitrogen and oxygen atoms in total. The van der Waals surface area contributed by atoms with E-state index in [0.717, 1.165) is 19.3 Å². The lowest BCUT2D eigenvalue weighted by molar-refractivity contribution is 0.0765. The van der Waals surface area contributed by atoms with Crippen molar-refractivity contribution in [3.8, 4) is 0 Å². The van der Waals surface area contributed by atoms with Crippen molar-refractivity contribution in [1.82, 2.24) is 0 Å².